The second-order valence-corrected chi connectivity index (χ2v) is 7.74. The van der Waals surface area contributed by atoms with Gasteiger partial charge in [0.25, 0.3) is 0 Å². The molecule has 2 aliphatic heterocycles. The molecule has 0 radical (unpaired) electrons. The van der Waals surface area contributed by atoms with Gasteiger partial charge in [0.15, 0.2) is 0 Å². The molecule has 0 aromatic carbocycles. The van der Waals surface area contributed by atoms with Crippen LogP contribution in [-0.2, 0) is 20.7 Å². The van der Waals surface area contributed by atoms with Gasteiger partial charge in [-0.15, -0.1) is 11.3 Å². The molecule has 1 aromatic rings. The van der Waals surface area contributed by atoms with Crippen molar-refractivity contribution in [2.45, 2.75) is 31.7 Å². The molecule has 6 nitrogen and oxygen atoms in total. The first-order valence-electron chi connectivity index (χ1n) is 9.11. The first-order valence-corrected chi connectivity index (χ1v) is 9.99. The number of hydrogen-bond acceptors (Lipinski definition) is 5. The summed E-state index contributed by atoms with van der Waals surface area (Å²) in [5.41, 5.74) is 0. The Bertz CT molecular complexity index is 550. The van der Waals surface area contributed by atoms with E-state index in [4.69, 9.17) is 4.74 Å². The molecular weight excluding hydrogens is 338 g/mol. The minimum Gasteiger partial charge on any atom is -0.378 e. The smallest absolute Gasteiger partial charge is 0.224 e. The van der Waals surface area contributed by atoms with Gasteiger partial charge in [-0.3, -0.25) is 9.59 Å². The lowest BCUT2D eigenvalue weighted by Crippen LogP contribution is -2.47. The second kappa shape index (κ2) is 9.31. The van der Waals surface area contributed by atoms with Crippen LogP contribution in [-0.4, -0.2) is 62.1 Å². The topological polar surface area (TPSA) is 70.7 Å². The highest BCUT2D eigenvalue weighted by Gasteiger charge is 2.28. The quantitative estimate of drug-likeness (QED) is 0.790. The molecule has 0 bridgehead atoms. The number of nitrogens with one attached hydrogen (secondary N) is 2. The van der Waals surface area contributed by atoms with Crippen molar-refractivity contribution in [1.29, 1.82) is 0 Å². The summed E-state index contributed by atoms with van der Waals surface area (Å²) in [6.45, 7) is 4.18. The van der Waals surface area contributed by atoms with Crippen molar-refractivity contribution in [2.75, 3.05) is 39.4 Å². The Morgan fingerprint density at radius 3 is 2.88 bits per heavy atom. The Morgan fingerprint density at radius 1 is 1.36 bits per heavy atom. The van der Waals surface area contributed by atoms with Crippen molar-refractivity contribution < 1.29 is 14.3 Å². The fourth-order valence-electron chi connectivity index (χ4n) is 3.39. The van der Waals surface area contributed by atoms with Crippen LogP contribution in [0.2, 0.25) is 0 Å². The molecule has 0 aliphatic carbocycles. The Balaban J connectivity index is 1.34. The van der Waals surface area contributed by atoms with Gasteiger partial charge in [0.05, 0.1) is 13.2 Å². The van der Waals surface area contributed by atoms with Crippen molar-refractivity contribution >= 4 is 23.2 Å². The average molecular weight is 365 g/mol. The SMILES string of the molecule is O=C(NCCc1cccs1)C1CCN(C(=O)CC2COCCN2)CC1. The molecule has 2 saturated heterocycles. The molecule has 2 fully saturated rings. The number of ether oxygens (including phenoxy) is 1. The van der Waals surface area contributed by atoms with Crippen molar-refractivity contribution in [3.05, 3.63) is 22.4 Å². The van der Waals surface area contributed by atoms with Crippen LogP contribution in [0.15, 0.2) is 17.5 Å². The fraction of sp³-hybridized carbons (Fsp3) is 0.667. The number of morpholine rings is 1. The van der Waals surface area contributed by atoms with Crippen LogP contribution in [0.3, 0.4) is 0 Å². The number of carbonyl (C=O) groups is 2. The summed E-state index contributed by atoms with van der Waals surface area (Å²) in [6.07, 6.45) is 2.88. The first-order chi connectivity index (χ1) is 12.2. The van der Waals surface area contributed by atoms with E-state index in [1.54, 1.807) is 11.3 Å². The van der Waals surface area contributed by atoms with Crippen molar-refractivity contribution in [1.82, 2.24) is 15.5 Å². The van der Waals surface area contributed by atoms with E-state index in [0.29, 0.717) is 32.7 Å². The van der Waals surface area contributed by atoms with Gasteiger partial charge in [-0.1, -0.05) is 6.07 Å². The third-order valence-electron chi connectivity index (χ3n) is 4.89. The molecule has 2 aliphatic rings. The van der Waals surface area contributed by atoms with Gasteiger partial charge in [0, 0.05) is 49.4 Å². The molecule has 3 heterocycles. The van der Waals surface area contributed by atoms with Crippen LogP contribution >= 0.6 is 11.3 Å². The molecule has 0 saturated carbocycles. The molecule has 7 heteroatoms. The van der Waals surface area contributed by atoms with E-state index in [0.717, 1.165) is 32.4 Å². The summed E-state index contributed by atoms with van der Waals surface area (Å²) in [5.74, 6) is 0.328. The minimum absolute atomic E-state index is 0.0310. The number of thiophene rings is 1. The molecule has 2 N–H and O–H groups in total. The molecule has 25 heavy (non-hydrogen) atoms. The number of nitrogens with zero attached hydrogens (tertiary/aromatic N) is 1. The van der Waals surface area contributed by atoms with Crippen molar-refractivity contribution in [2.24, 2.45) is 5.92 Å². The van der Waals surface area contributed by atoms with E-state index in [9.17, 15) is 9.59 Å². The summed E-state index contributed by atoms with van der Waals surface area (Å²) < 4.78 is 5.40. The normalized spacial score (nSPS) is 21.9. The Hall–Kier alpha value is -1.44. The van der Waals surface area contributed by atoms with Gasteiger partial charge < -0.3 is 20.3 Å². The number of likely N-dealkylation sites (tertiary alicyclic amines) is 1. The molecule has 1 atom stereocenters. The van der Waals surface area contributed by atoms with Gasteiger partial charge in [0.1, 0.15) is 0 Å². The lowest BCUT2D eigenvalue weighted by atomic mass is 9.95. The fourth-order valence-corrected chi connectivity index (χ4v) is 4.10. The van der Waals surface area contributed by atoms with E-state index in [1.807, 2.05) is 11.0 Å². The zero-order chi connectivity index (χ0) is 17.5. The van der Waals surface area contributed by atoms with Gasteiger partial charge in [0.2, 0.25) is 11.8 Å². The number of rotatable bonds is 6. The van der Waals surface area contributed by atoms with E-state index < -0.39 is 0 Å². The number of piperidine rings is 1. The van der Waals surface area contributed by atoms with Crippen LogP contribution in [0.1, 0.15) is 24.1 Å². The third-order valence-corrected chi connectivity index (χ3v) is 5.82. The Kier molecular flexibility index (Phi) is 6.84. The Morgan fingerprint density at radius 2 is 2.20 bits per heavy atom. The summed E-state index contributed by atoms with van der Waals surface area (Å²) in [7, 11) is 0. The maximum Gasteiger partial charge on any atom is 0.224 e. The third kappa shape index (κ3) is 5.52. The largest absolute Gasteiger partial charge is 0.378 e. The average Bonchev–Trinajstić information content (AvgIpc) is 3.16. The van der Waals surface area contributed by atoms with Crippen LogP contribution in [0, 0.1) is 5.92 Å². The predicted molar refractivity (Wildman–Crippen MR) is 97.6 cm³/mol. The van der Waals surface area contributed by atoms with Gasteiger partial charge >= 0.3 is 0 Å². The molecule has 0 spiro atoms. The highest BCUT2D eigenvalue weighted by atomic mass is 32.1. The summed E-state index contributed by atoms with van der Waals surface area (Å²) in [4.78, 5) is 27.8. The second-order valence-electron chi connectivity index (χ2n) is 6.71. The van der Waals surface area contributed by atoms with E-state index in [2.05, 4.69) is 22.1 Å². The van der Waals surface area contributed by atoms with Crippen LogP contribution in [0.5, 0.6) is 0 Å². The minimum atomic E-state index is 0.0310. The molecular formula is C18H27N3O3S. The molecule has 138 valence electrons. The lowest BCUT2D eigenvalue weighted by molar-refractivity contribution is -0.136. The summed E-state index contributed by atoms with van der Waals surface area (Å²) in [6, 6.07) is 4.25. The standard InChI is InChI=1S/C18H27N3O3S/c22-17(12-15-13-24-10-7-19-15)21-8-4-14(5-9-21)18(23)20-6-3-16-2-1-11-25-16/h1-2,11,14-15,19H,3-10,12-13H2,(H,20,23). The van der Waals surface area contributed by atoms with Crippen LogP contribution in [0.25, 0.3) is 0 Å². The van der Waals surface area contributed by atoms with E-state index >= 15 is 0 Å². The van der Waals surface area contributed by atoms with Gasteiger partial charge in [-0.25, -0.2) is 0 Å². The predicted octanol–water partition coefficient (Wildman–Crippen LogP) is 1.02. The van der Waals surface area contributed by atoms with Crippen LogP contribution in [0.4, 0.5) is 0 Å². The summed E-state index contributed by atoms with van der Waals surface area (Å²) >= 11 is 1.72. The van der Waals surface area contributed by atoms with Crippen LogP contribution < -0.4 is 10.6 Å². The molecule has 3 rings (SSSR count). The maximum absolute atomic E-state index is 12.4. The zero-order valence-electron chi connectivity index (χ0n) is 14.5. The highest BCUT2D eigenvalue weighted by molar-refractivity contribution is 7.09. The summed E-state index contributed by atoms with van der Waals surface area (Å²) in [5, 5.41) is 8.41. The molecule has 1 unspecified atom stereocenters. The van der Waals surface area contributed by atoms with Gasteiger partial charge in [-0.05, 0) is 30.7 Å². The number of amides is 2. The van der Waals surface area contributed by atoms with E-state index in [-0.39, 0.29) is 23.8 Å². The van der Waals surface area contributed by atoms with Crippen molar-refractivity contribution in [3.63, 3.8) is 0 Å². The number of hydrogen-bond donors (Lipinski definition) is 2. The number of carbonyl (C=O) groups excluding carboxylic acids is 2. The molecule has 2 amide bonds. The van der Waals surface area contributed by atoms with Gasteiger partial charge in [-0.2, -0.15) is 0 Å². The van der Waals surface area contributed by atoms with E-state index in [1.165, 1.54) is 4.88 Å². The lowest BCUT2D eigenvalue weighted by Gasteiger charge is -2.33. The first kappa shape index (κ1) is 18.4. The molecule has 1 aromatic heterocycles. The van der Waals surface area contributed by atoms with Crippen molar-refractivity contribution in [3.8, 4) is 0 Å². The zero-order valence-corrected chi connectivity index (χ0v) is 15.4. The highest BCUT2D eigenvalue weighted by Crippen LogP contribution is 2.19. The monoisotopic (exact) mass is 365 g/mol. The Labute approximate surface area is 152 Å². The maximum atomic E-state index is 12.4.